The summed E-state index contributed by atoms with van der Waals surface area (Å²) in [7, 11) is 0. The van der Waals surface area contributed by atoms with Crippen LogP contribution in [0.15, 0.2) is 66.9 Å². The van der Waals surface area contributed by atoms with Crippen molar-refractivity contribution in [3.05, 3.63) is 89.5 Å². The molecule has 1 aliphatic rings. The van der Waals surface area contributed by atoms with E-state index >= 15 is 0 Å². The fourth-order valence-corrected chi connectivity index (χ4v) is 4.22. The molecule has 0 unspecified atom stereocenters. The summed E-state index contributed by atoms with van der Waals surface area (Å²) in [6, 6.07) is 16.8. The molecule has 0 N–H and O–H groups in total. The summed E-state index contributed by atoms with van der Waals surface area (Å²) in [6.07, 6.45) is -1.47. The normalized spacial score (nSPS) is 14.8. The number of fused-ring (bicyclic) bond motifs is 1. The van der Waals surface area contributed by atoms with Gasteiger partial charge in [-0.15, -0.1) is 0 Å². The standard InChI is InChI=1S/C25H22F3N5O/c26-19-8-4-5-17(13-19)16-31-9-11-32(12-10-31)25(34)20-15-29-33-22(23(27)28)14-21(30-24(20)33)18-6-2-1-3-7-18/h1-8,13-15,23H,9-12,16H2. The Kier molecular flexibility index (Phi) is 6.02. The van der Waals surface area contributed by atoms with Gasteiger partial charge in [0.2, 0.25) is 0 Å². The fourth-order valence-electron chi connectivity index (χ4n) is 4.22. The van der Waals surface area contributed by atoms with Crippen molar-refractivity contribution < 1.29 is 18.0 Å². The lowest BCUT2D eigenvalue weighted by Crippen LogP contribution is -2.48. The number of nitrogens with zero attached hydrogens (tertiary/aromatic N) is 5. The first-order valence-corrected chi connectivity index (χ1v) is 11.0. The number of piperazine rings is 1. The summed E-state index contributed by atoms with van der Waals surface area (Å²) >= 11 is 0. The topological polar surface area (TPSA) is 53.7 Å². The molecule has 174 valence electrons. The van der Waals surface area contributed by atoms with Crippen molar-refractivity contribution in [3.8, 4) is 11.3 Å². The van der Waals surface area contributed by atoms with Gasteiger partial charge < -0.3 is 4.90 Å². The molecule has 9 heteroatoms. The molecule has 1 saturated heterocycles. The van der Waals surface area contributed by atoms with E-state index in [-0.39, 0.29) is 28.6 Å². The molecule has 2 aromatic carbocycles. The summed E-state index contributed by atoms with van der Waals surface area (Å²) in [4.78, 5) is 21.6. The van der Waals surface area contributed by atoms with Gasteiger partial charge in [0.05, 0.1) is 11.9 Å². The molecule has 0 radical (unpaired) electrons. The number of carbonyl (C=O) groups is 1. The number of amides is 1. The first-order chi connectivity index (χ1) is 16.5. The zero-order valence-corrected chi connectivity index (χ0v) is 18.2. The van der Waals surface area contributed by atoms with E-state index in [1.54, 1.807) is 35.2 Å². The van der Waals surface area contributed by atoms with Gasteiger partial charge >= 0.3 is 0 Å². The van der Waals surface area contributed by atoms with Gasteiger partial charge in [0.15, 0.2) is 5.65 Å². The van der Waals surface area contributed by atoms with Crippen LogP contribution in [0.1, 0.15) is 28.0 Å². The number of benzene rings is 2. The molecule has 0 spiro atoms. The van der Waals surface area contributed by atoms with Crippen molar-refractivity contribution in [1.29, 1.82) is 0 Å². The third-order valence-corrected chi connectivity index (χ3v) is 5.98. The number of aromatic nitrogens is 3. The number of hydrogen-bond donors (Lipinski definition) is 0. The second kappa shape index (κ2) is 9.26. The highest BCUT2D eigenvalue weighted by Crippen LogP contribution is 2.27. The Balaban J connectivity index is 1.38. The Morgan fingerprint density at radius 2 is 1.74 bits per heavy atom. The van der Waals surface area contributed by atoms with E-state index in [1.807, 2.05) is 12.1 Å². The molecule has 0 aliphatic carbocycles. The Morgan fingerprint density at radius 3 is 2.44 bits per heavy atom. The summed E-state index contributed by atoms with van der Waals surface area (Å²) < 4.78 is 42.1. The van der Waals surface area contributed by atoms with E-state index in [4.69, 9.17) is 0 Å². The average molecular weight is 465 g/mol. The number of carbonyl (C=O) groups excluding carboxylic acids is 1. The second-order valence-electron chi connectivity index (χ2n) is 8.22. The van der Waals surface area contributed by atoms with Crippen molar-refractivity contribution in [1.82, 2.24) is 24.4 Å². The van der Waals surface area contributed by atoms with Crippen LogP contribution in [0.5, 0.6) is 0 Å². The first kappa shape index (κ1) is 22.1. The highest BCUT2D eigenvalue weighted by atomic mass is 19.3. The molecular weight excluding hydrogens is 443 g/mol. The molecule has 1 fully saturated rings. The molecule has 1 aliphatic heterocycles. The van der Waals surface area contributed by atoms with Crippen LogP contribution in [0.25, 0.3) is 16.9 Å². The zero-order valence-electron chi connectivity index (χ0n) is 18.2. The number of hydrogen-bond acceptors (Lipinski definition) is 4. The van der Waals surface area contributed by atoms with E-state index < -0.39 is 6.43 Å². The van der Waals surface area contributed by atoms with Crippen molar-refractivity contribution >= 4 is 11.6 Å². The molecule has 0 atom stereocenters. The van der Waals surface area contributed by atoms with Gasteiger partial charge in [-0.05, 0) is 23.8 Å². The highest BCUT2D eigenvalue weighted by molar-refractivity contribution is 6.00. The Morgan fingerprint density at radius 1 is 0.971 bits per heavy atom. The molecule has 34 heavy (non-hydrogen) atoms. The van der Waals surface area contributed by atoms with E-state index in [1.165, 1.54) is 24.4 Å². The zero-order chi connectivity index (χ0) is 23.7. The predicted molar refractivity (Wildman–Crippen MR) is 121 cm³/mol. The third kappa shape index (κ3) is 4.38. The monoisotopic (exact) mass is 465 g/mol. The average Bonchev–Trinajstić information content (AvgIpc) is 3.28. The fraction of sp³-hybridized carbons (Fsp3) is 0.240. The number of halogens is 3. The molecule has 0 bridgehead atoms. The molecule has 0 saturated carbocycles. The maximum Gasteiger partial charge on any atom is 0.280 e. The minimum absolute atomic E-state index is 0.115. The van der Waals surface area contributed by atoms with Crippen LogP contribution in [-0.2, 0) is 6.54 Å². The predicted octanol–water partition coefficient (Wildman–Crippen LogP) is 4.43. The molecule has 1 amide bonds. The van der Waals surface area contributed by atoms with E-state index in [0.717, 1.165) is 10.1 Å². The Bertz CT molecular complexity index is 1320. The minimum atomic E-state index is -2.78. The van der Waals surface area contributed by atoms with Crippen LogP contribution in [0, 0.1) is 5.82 Å². The SMILES string of the molecule is O=C(c1cnn2c(C(F)F)cc(-c3ccccc3)nc12)N1CCN(Cc2cccc(F)c2)CC1. The smallest absolute Gasteiger partial charge is 0.280 e. The highest BCUT2D eigenvalue weighted by Gasteiger charge is 2.27. The van der Waals surface area contributed by atoms with Crippen molar-refractivity contribution in [2.45, 2.75) is 13.0 Å². The molecule has 2 aromatic heterocycles. The lowest BCUT2D eigenvalue weighted by atomic mass is 10.1. The molecular formula is C25H22F3N5O. The van der Waals surface area contributed by atoms with Gasteiger partial charge in [-0.2, -0.15) is 5.10 Å². The Labute approximate surface area is 194 Å². The van der Waals surface area contributed by atoms with Gasteiger partial charge in [0, 0.05) is 38.3 Å². The lowest BCUT2D eigenvalue weighted by Gasteiger charge is -2.34. The van der Waals surface area contributed by atoms with E-state index in [0.29, 0.717) is 44.0 Å². The summed E-state index contributed by atoms with van der Waals surface area (Å²) in [5, 5.41) is 4.05. The van der Waals surface area contributed by atoms with Crippen LogP contribution >= 0.6 is 0 Å². The summed E-state index contributed by atoms with van der Waals surface area (Å²) in [5.41, 5.74) is 1.90. The van der Waals surface area contributed by atoms with Gasteiger partial charge in [-0.3, -0.25) is 9.69 Å². The van der Waals surface area contributed by atoms with Gasteiger partial charge in [0.25, 0.3) is 12.3 Å². The van der Waals surface area contributed by atoms with Crippen molar-refractivity contribution in [2.24, 2.45) is 0 Å². The second-order valence-corrected chi connectivity index (χ2v) is 8.22. The van der Waals surface area contributed by atoms with Gasteiger partial charge in [0.1, 0.15) is 17.1 Å². The van der Waals surface area contributed by atoms with Crippen LogP contribution < -0.4 is 0 Å². The van der Waals surface area contributed by atoms with Gasteiger partial charge in [-0.25, -0.2) is 22.7 Å². The Hall–Kier alpha value is -3.72. The van der Waals surface area contributed by atoms with Crippen molar-refractivity contribution in [3.63, 3.8) is 0 Å². The molecule has 3 heterocycles. The molecule has 4 aromatic rings. The van der Waals surface area contributed by atoms with E-state index in [2.05, 4.69) is 15.0 Å². The van der Waals surface area contributed by atoms with Crippen molar-refractivity contribution in [2.75, 3.05) is 26.2 Å². The van der Waals surface area contributed by atoms with Crippen LogP contribution in [-0.4, -0.2) is 56.5 Å². The van der Waals surface area contributed by atoms with Crippen LogP contribution in [0.3, 0.4) is 0 Å². The number of alkyl halides is 2. The summed E-state index contributed by atoms with van der Waals surface area (Å²) in [5.74, 6) is -0.566. The van der Waals surface area contributed by atoms with Crippen LogP contribution in [0.2, 0.25) is 0 Å². The van der Waals surface area contributed by atoms with Crippen LogP contribution in [0.4, 0.5) is 13.2 Å². The molecule has 5 rings (SSSR count). The third-order valence-electron chi connectivity index (χ3n) is 5.98. The maximum absolute atomic E-state index is 13.8. The van der Waals surface area contributed by atoms with E-state index in [9.17, 15) is 18.0 Å². The number of rotatable bonds is 5. The van der Waals surface area contributed by atoms with Gasteiger partial charge in [-0.1, -0.05) is 42.5 Å². The first-order valence-electron chi connectivity index (χ1n) is 11.0. The minimum Gasteiger partial charge on any atom is -0.336 e. The largest absolute Gasteiger partial charge is 0.336 e. The molecule has 6 nitrogen and oxygen atoms in total. The lowest BCUT2D eigenvalue weighted by molar-refractivity contribution is 0.0630. The quantitative estimate of drug-likeness (QED) is 0.438. The summed E-state index contributed by atoms with van der Waals surface area (Å²) in [6.45, 7) is 2.76. The maximum atomic E-state index is 13.8.